The topological polar surface area (TPSA) is 127 Å². The largest absolute Gasteiger partial charge is 0.394 e. The zero-order valence-electron chi connectivity index (χ0n) is 8.66. The Hall–Kier alpha value is -1.28. The summed E-state index contributed by atoms with van der Waals surface area (Å²) in [5.41, 5.74) is 0.102. The fraction of sp³-hybridized carbons (Fsp3) is 0.556. The quantitative estimate of drug-likeness (QED) is 0.386. The maximum absolute atomic E-state index is 10.9. The van der Waals surface area contributed by atoms with Crippen LogP contribution in [0.4, 0.5) is 0 Å². The van der Waals surface area contributed by atoms with Gasteiger partial charge >= 0.3 is 0 Å². The van der Waals surface area contributed by atoms with Gasteiger partial charge in [-0.05, 0) is 0 Å². The summed E-state index contributed by atoms with van der Waals surface area (Å²) < 4.78 is 0. The van der Waals surface area contributed by atoms with Gasteiger partial charge < -0.3 is 25.4 Å². The highest BCUT2D eigenvalue weighted by atomic mass is 16.4. The average Bonchev–Trinajstić information content (AvgIpc) is 2.75. The molecule has 1 rings (SSSR count). The molecular weight excluding hydrogens is 216 g/mol. The van der Waals surface area contributed by atoms with Crippen molar-refractivity contribution >= 4 is 5.78 Å². The lowest BCUT2D eigenvalue weighted by atomic mass is 10.1. The van der Waals surface area contributed by atoms with E-state index in [1.165, 1.54) is 13.1 Å². The summed E-state index contributed by atoms with van der Waals surface area (Å²) in [6.45, 7) is 0.625. The lowest BCUT2D eigenvalue weighted by Gasteiger charge is -2.20. The van der Waals surface area contributed by atoms with Gasteiger partial charge in [0.05, 0.1) is 18.5 Å². The first-order valence-corrected chi connectivity index (χ1v) is 4.68. The van der Waals surface area contributed by atoms with Gasteiger partial charge in [-0.25, -0.2) is 4.98 Å². The van der Waals surface area contributed by atoms with Crippen molar-refractivity contribution < 1.29 is 25.2 Å². The number of hydrogen-bond acceptors (Lipinski definition) is 6. The molecule has 0 saturated carbocycles. The molecule has 1 aromatic heterocycles. The average molecular weight is 230 g/mol. The molecule has 0 fully saturated rings. The van der Waals surface area contributed by atoms with Gasteiger partial charge in [0.25, 0.3) is 0 Å². The Labute approximate surface area is 91.4 Å². The van der Waals surface area contributed by atoms with Crippen LogP contribution in [0.2, 0.25) is 0 Å². The number of rotatable bonds is 5. The van der Waals surface area contributed by atoms with Gasteiger partial charge in [0.2, 0.25) is 0 Å². The van der Waals surface area contributed by atoms with E-state index in [1.54, 1.807) is 0 Å². The molecule has 0 aliphatic rings. The lowest BCUT2D eigenvalue weighted by Crippen LogP contribution is -2.34. The van der Waals surface area contributed by atoms with Crippen LogP contribution >= 0.6 is 0 Å². The summed E-state index contributed by atoms with van der Waals surface area (Å²) in [6.07, 6.45) is -3.26. The molecule has 16 heavy (non-hydrogen) atoms. The Morgan fingerprint density at radius 1 is 1.50 bits per heavy atom. The van der Waals surface area contributed by atoms with Crippen molar-refractivity contribution in [2.45, 2.75) is 25.2 Å². The zero-order chi connectivity index (χ0) is 12.3. The van der Waals surface area contributed by atoms with Crippen molar-refractivity contribution in [3.8, 4) is 0 Å². The second-order valence-electron chi connectivity index (χ2n) is 3.43. The molecule has 1 heterocycles. The van der Waals surface area contributed by atoms with Crippen LogP contribution in [0.1, 0.15) is 29.3 Å². The number of ketones is 1. The molecule has 0 aromatic carbocycles. The number of aromatic nitrogens is 2. The van der Waals surface area contributed by atoms with Crippen molar-refractivity contribution in [1.82, 2.24) is 9.97 Å². The first kappa shape index (κ1) is 12.8. The molecule has 0 amide bonds. The normalized spacial score (nSPS) is 16.8. The molecule has 0 bridgehead atoms. The minimum absolute atomic E-state index is 0.0553. The van der Waals surface area contributed by atoms with Gasteiger partial charge in [-0.2, -0.15) is 0 Å². The highest BCUT2D eigenvalue weighted by molar-refractivity contribution is 5.90. The summed E-state index contributed by atoms with van der Waals surface area (Å²) in [4.78, 5) is 17.1. The van der Waals surface area contributed by atoms with Crippen molar-refractivity contribution in [1.29, 1.82) is 0 Å². The highest BCUT2D eigenvalue weighted by Gasteiger charge is 2.27. The molecule has 0 radical (unpaired) electrons. The predicted octanol–water partition coefficient (Wildman–Crippen LogP) is -1.64. The zero-order valence-corrected chi connectivity index (χ0v) is 8.66. The number of H-pyrrole nitrogens is 1. The number of nitrogens with one attached hydrogen (secondary N) is 1. The highest BCUT2D eigenvalue weighted by Crippen LogP contribution is 2.17. The second-order valence-corrected chi connectivity index (χ2v) is 3.43. The third kappa shape index (κ3) is 2.64. The standard InChI is InChI=1S/C9H14N2O5/c1-4(13)9-10-2-5(11-9)7(15)8(16)6(14)3-12/h2,6-8,12,14-16H,3H2,1H3,(H,10,11)/t6-,7+,8+/m1/s1. The van der Waals surface area contributed by atoms with Crippen LogP contribution in [0.15, 0.2) is 6.20 Å². The Morgan fingerprint density at radius 3 is 2.56 bits per heavy atom. The maximum atomic E-state index is 10.9. The molecular formula is C9H14N2O5. The number of hydrogen-bond donors (Lipinski definition) is 5. The van der Waals surface area contributed by atoms with Gasteiger partial charge in [-0.1, -0.05) is 0 Å². The number of carbonyl (C=O) groups excluding carboxylic acids is 1. The van der Waals surface area contributed by atoms with E-state index in [4.69, 9.17) is 10.2 Å². The molecule has 0 aliphatic heterocycles. The van der Waals surface area contributed by atoms with Gasteiger partial charge in [0, 0.05) is 6.92 Å². The van der Waals surface area contributed by atoms with Crippen molar-refractivity contribution in [3.05, 3.63) is 17.7 Å². The van der Waals surface area contributed by atoms with E-state index in [0.717, 1.165) is 0 Å². The van der Waals surface area contributed by atoms with Crippen LogP contribution in [0.3, 0.4) is 0 Å². The Balaban J connectivity index is 2.79. The second kappa shape index (κ2) is 5.17. The van der Waals surface area contributed by atoms with E-state index in [0.29, 0.717) is 0 Å². The van der Waals surface area contributed by atoms with Crippen LogP contribution < -0.4 is 0 Å². The molecule has 5 N–H and O–H groups in total. The van der Waals surface area contributed by atoms with Crippen LogP contribution in [-0.4, -0.2) is 55.0 Å². The minimum Gasteiger partial charge on any atom is -0.394 e. The van der Waals surface area contributed by atoms with E-state index in [9.17, 15) is 15.0 Å². The number of nitrogens with zero attached hydrogens (tertiary/aromatic N) is 1. The fourth-order valence-corrected chi connectivity index (χ4v) is 1.17. The Bertz CT molecular complexity index is 365. The molecule has 1 aromatic rings. The van der Waals surface area contributed by atoms with Crippen molar-refractivity contribution in [3.63, 3.8) is 0 Å². The molecule has 0 unspecified atom stereocenters. The number of carbonyl (C=O) groups is 1. The number of aliphatic hydroxyl groups is 4. The first-order valence-electron chi connectivity index (χ1n) is 4.68. The number of aliphatic hydroxyl groups excluding tert-OH is 4. The van der Waals surface area contributed by atoms with E-state index in [-0.39, 0.29) is 17.3 Å². The predicted molar refractivity (Wildman–Crippen MR) is 52.7 cm³/mol. The minimum atomic E-state index is -1.55. The summed E-state index contributed by atoms with van der Waals surface area (Å²) in [5.74, 6) is -0.254. The van der Waals surface area contributed by atoms with E-state index in [2.05, 4.69) is 9.97 Å². The summed E-state index contributed by atoms with van der Waals surface area (Å²) in [5, 5.41) is 36.7. The number of aromatic amines is 1. The third-order valence-corrected chi connectivity index (χ3v) is 2.15. The Kier molecular flexibility index (Phi) is 4.13. The van der Waals surface area contributed by atoms with Gasteiger partial charge in [0.1, 0.15) is 18.3 Å². The van der Waals surface area contributed by atoms with Gasteiger partial charge in [-0.3, -0.25) is 4.79 Å². The molecule has 7 nitrogen and oxygen atoms in total. The first-order chi connectivity index (χ1) is 7.47. The summed E-state index contributed by atoms with van der Waals surface area (Å²) in [6, 6.07) is 0. The van der Waals surface area contributed by atoms with Crippen molar-refractivity contribution in [2.24, 2.45) is 0 Å². The number of imidazole rings is 1. The molecule has 3 atom stereocenters. The number of Topliss-reactive ketones (excluding diaryl/α,β-unsaturated/α-hetero) is 1. The van der Waals surface area contributed by atoms with Crippen LogP contribution in [0, 0.1) is 0 Å². The van der Waals surface area contributed by atoms with E-state index >= 15 is 0 Å². The van der Waals surface area contributed by atoms with Crippen molar-refractivity contribution in [2.75, 3.05) is 6.61 Å². The van der Waals surface area contributed by atoms with Crippen LogP contribution in [0.25, 0.3) is 0 Å². The molecule has 0 saturated heterocycles. The lowest BCUT2D eigenvalue weighted by molar-refractivity contribution is -0.0788. The van der Waals surface area contributed by atoms with Gasteiger partial charge in [0.15, 0.2) is 11.6 Å². The smallest absolute Gasteiger partial charge is 0.194 e. The molecule has 7 heteroatoms. The molecule has 0 aliphatic carbocycles. The fourth-order valence-electron chi connectivity index (χ4n) is 1.17. The Morgan fingerprint density at radius 2 is 2.12 bits per heavy atom. The monoisotopic (exact) mass is 230 g/mol. The molecule has 90 valence electrons. The maximum Gasteiger partial charge on any atom is 0.194 e. The third-order valence-electron chi connectivity index (χ3n) is 2.15. The molecule has 0 spiro atoms. The summed E-state index contributed by atoms with van der Waals surface area (Å²) >= 11 is 0. The van der Waals surface area contributed by atoms with Crippen LogP contribution in [-0.2, 0) is 0 Å². The SMILES string of the molecule is CC(=O)c1ncc([C@H](O)[C@@H](O)[C@H](O)CO)[nH]1. The van der Waals surface area contributed by atoms with Gasteiger partial charge in [-0.15, -0.1) is 0 Å². The van der Waals surface area contributed by atoms with Crippen LogP contribution in [0.5, 0.6) is 0 Å². The summed E-state index contributed by atoms with van der Waals surface area (Å²) in [7, 11) is 0. The van der Waals surface area contributed by atoms with E-state index < -0.39 is 24.9 Å². The van der Waals surface area contributed by atoms with E-state index in [1.807, 2.05) is 0 Å².